The van der Waals surface area contributed by atoms with Crippen LogP contribution in [0.1, 0.15) is 0 Å². The summed E-state index contributed by atoms with van der Waals surface area (Å²) >= 11 is 0. The van der Waals surface area contributed by atoms with Crippen LogP contribution in [0.15, 0.2) is 84.9 Å². The van der Waals surface area contributed by atoms with E-state index in [9.17, 15) is 4.39 Å². The molecular weight excluding hydrogens is 274 g/mol. The highest BCUT2D eigenvalue weighted by Crippen LogP contribution is 1.96. The Morgan fingerprint density at radius 2 is 1.24 bits per heavy atom. The van der Waals surface area contributed by atoms with Crippen LogP contribution in [-0.2, 0) is 0 Å². The molecule has 0 nitrogen and oxygen atoms in total. The first-order chi connectivity index (χ1) is 10.3. The van der Waals surface area contributed by atoms with Crippen molar-refractivity contribution in [1.82, 2.24) is 0 Å². The van der Waals surface area contributed by atoms with E-state index in [2.05, 4.69) is 55.4 Å². The lowest BCUT2D eigenvalue weighted by Gasteiger charge is -2.15. The number of rotatable bonds is 4. The Kier molecular flexibility index (Phi) is 4.31. The normalized spacial score (nSPS) is 10.6. The molecule has 3 aromatic carbocycles. The van der Waals surface area contributed by atoms with E-state index < -0.39 is 8.67 Å². The fraction of sp³-hybridized carbons (Fsp3) is 0. The molecule has 3 heteroatoms. The van der Waals surface area contributed by atoms with Gasteiger partial charge in [-0.15, -0.1) is 0 Å². The van der Waals surface area contributed by atoms with Gasteiger partial charge in [0.25, 0.3) is 0 Å². The summed E-state index contributed by atoms with van der Waals surface area (Å²) in [5.74, 6) is -0.189. The van der Waals surface area contributed by atoms with Gasteiger partial charge in [-0.1, -0.05) is 88.6 Å². The van der Waals surface area contributed by atoms with Gasteiger partial charge < -0.3 is 0 Å². The van der Waals surface area contributed by atoms with E-state index in [1.54, 1.807) is 12.1 Å². The minimum Gasteiger partial charge on any atom is -0.207 e. The van der Waals surface area contributed by atoms with Gasteiger partial charge in [0, 0.05) is 0 Å². The first-order valence-corrected chi connectivity index (χ1v) is 8.49. The molecule has 0 amide bonds. The van der Waals surface area contributed by atoms with Crippen LogP contribution in [0.4, 0.5) is 4.39 Å². The van der Waals surface area contributed by atoms with Crippen molar-refractivity contribution in [1.29, 1.82) is 0 Å². The largest absolute Gasteiger partial charge is 0.207 e. The summed E-state index contributed by atoms with van der Waals surface area (Å²) in [5, 5.41) is 2.61. The van der Waals surface area contributed by atoms with E-state index in [-0.39, 0.29) is 5.82 Å². The Hall–Kier alpha value is -2.13. The summed E-state index contributed by atoms with van der Waals surface area (Å²) in [4.78, 5) is 0. The first-order valence-electron chi connectivity index (χ1n) is 6.91. The highest BCUT2D eigenvalue weighted by molar-refractivity contribution is 7.29. The molecule has 0 saturated heterocycles. The van der Waals surface area contributed by atoms with Gasteiger partial charge in [0.05, 0.1) is 8.67 Å². The van der Waals surface area contributed by atoms with Crippen LogP contribution < -0.4 is 15.8 Å². The Morgan fingerprint density at radius 3 is 1.76 bits per heavy atom. The van der Waals surface area contributed by atoms with E-state index in [1.807, 2.05) is 18.2 Å². The van der Waals surface area contributed by atoms with Crippen molar-refractivity contribution in [3.8, 4) is 0 Å². The quantitative estimate of drug-likeness (QED) is 0.644. The third kappa shape index (κ3) is 3.50. The zero-order valence-electron chi connectivity index (χ0n) is 11.5. The molecule has 0 fully saturated rings. The topological polar surface area (TPSA) is 0 Å². The lowest BCUT2D eigenvalue weighted by Crippen LogP contribution is -2.51. The molecule has 3 rings (SSSR count). The minimum absolute atomic E-state index is 0.189. The average Bonchev–Trinajstić information content (AvgIpc) is 2.54. The van der Waals surface area contributed by atoms with E-state index in [0.29, 0.717) is 0 Å². The smallest absolute Gasteiger partial charge is 0.154 e. The molecular formula is C18H14BFSi. The summed E-state index contributed by atoms with van der Waals surface area (Å²) in [6, 6.07) is 27.7. The Morgan fingerprint density at radius 1 is 0.667 bits per heavy atom. The van der Waals surface area contributed by atoms with Gasteiger partial charge in [-0.2, -0.15) is 0 Å². The summed E-state index contributed by atoms with van der Waals surface area (Å²) in [7, 11) is -1.06. The minimum atomic E-state index is -1.06. The van der Waals surface area contributed by atoms with E-state index in [1.165, 1.54) is 16.4 Å². The van der Waals surface area contributed by atoms with Crippen molar-refractivity contribution in [2.45, 2.75) is 0 Å². The second kappa shape index (κ2) is 6.55. The Balaban J connectivity index is 1.97. The number of hydrogen-bond acceptors (Lipinski definition) is 0. The van der Waals surface area contributed by atoms with Gasteiger partial charge in [0.2, 0.25) is 0 Å². The third-order valence-corrected chi connectivity index (χ3v) is 5.86. The van der Waals surface area contributed by atoms with Crippen LogP contribution in [0, 0.1) is 5.82 Å². The molecule has 100 valence electrons. The lowest BCUT2D eigenvalue weighted by atomic mass is 9.94. The number of hydrogen-bond donors (Lipinski definition) is 0. The zero-order chi connectivity index (χ0) is 14.5. The summed E-state index contributed by atoms with van der Waals surface area (Å²) in [6.07, 6.45) is 0. The molecule has 0 unspecified atom stereocenters. The molecule has 21 heavy (non-hydrogen) atoms. The van der Waals surface area contributed by atoms with Crippen molar-refractivity contribution >= 4 is 31.4 Å². The van der Waals surface area contributed by atoms with E-state index in [4.69, 9.17) is 0 Å². The van der Waals surface area contributed by atoms with Gasteiger partial charge in [-0.05, 0) is 12.1 Å². The Bertz CT molecular complexity index is 661. The van der Waals surface area contributed by atoms with Crippen molar-refractivity contribution in [2.75, 3.05) is 0 Å². The van der Waals surface area contributed by atoms with Gasteiger partial charge in [-0.3, -0.25) is 0 Å². The molecule has 0 aliphatic heterocycles. The van der Waals surface area contributed by atoms with Crippen molar-refractivity contribution < 1.29 is 4.39 Å². The molecule has 0 bridgehead atoms. The fourth-order valence-corrected chi connectivity index (χ4v) is 4.61. The molecule has 0 saturated carbocycles. The Labute approximate surface area is 127 Å². The zero-order valence-corrected chi connectivity index (χ0v) is 12.5. The molecule has 0 heterocycles. The van der Waals surface area contributed by atoms with E-state index >= 15 is 0 Å². The van der Waals surface area contributed by atoms with Crippen LogP contribution in [-0.4, -0.2) is 15.5 Å². The summed E-state index contributed by atoms with van der Waals surface area (Å²) < 4.78 is 13.4. The summed E-state index contributed by atoms with van der Waals surface area (Å²) in [6.45, 7) is 2.21. The fourth-order valence-electron chi connectivity index (χ4n) is 2.33. The van der Waals surface area contributed by atoms with E-state index in [0.717, 1.165) is 5.46 Å². The molecule has 0 N–H and O–H groups in total. The van der Waals surface area contributed by atoms with Crippen LogP contribution >= 0.6 is 0 Å². The van der Waals surface area contributed by atoms with Crippen LogP contribution in [0.3, 0.4) is 0 Å². The molecule has 0 aliphatic rings. The molecule has 3 aromatic rings. The lowest BCUT2D eigenvalue weighted by molar-refractivity contribution is 0.629. The monoisotopic (exact) mass is 288 g/mol. The van der Waals surface area contributed by atoms with Gasteiger partial charge >= 0.3 is 0 Å². The highest BCUT2D eigenvalue weighted by Gasteiger charge is 2.18. The first kappa shape index (κ1) is 13.8. The standard InChI is InChI=1S/C18H14BFSi/c20-16-9-7-8-15(14-16)19-21(17-10-3-1-4-11-17)18-12-5-2-6-13-18/h1-14H. The van der Waals surface area contributed by atoms with Gasteiger partial charge in [0.15, 0.2) is 6.87 Å². The maximum atomic E-state index is 13.4. The maximum Gasteiger partial charge on any atom is 0.154 e. The molecule has 2 radical (unpaired) electrons. The molecule has 0 spiro atoms. The molecule has 0 aromatic heterocycles. The van der Waals surface area contributed by atoms with Crippen LogP contribution in [0.2, 0.25) is 0 Å². The van der Waals surface area contributed by atoms with Gasteiger partial charge in [0.1, 0.15) is 5.82 Å². The van der Waals surface area contributed by atoms with Crippen molar-refractivity contribution in [3.63, 3.8) is 0 Å². The average molecular weight is 288 g/mol. The van der Waals surface area contributed by atoms with Crippen LogP contribution in [0.5, 0.6) is 0 Å². The highest BCUT2D eigenvalue weighted by atomic mass is 28.3. The predicted octanol–water partition coefficient (Wildman–Crippen LogP) is 1.96. The maximum absolute atomic E-state index is 13.4. The number of benzene rings is 3. The molecule has 0 atom stereocenters. The SMILES string of the molecule is Fc1cccc([B][Si](c2ccccc2)c2ccccc2)c1. The van der Waals surface area contributed by atoms with Gasteiger partial charge in [-0.25, -0.2) is 4.39 Å². The predicted molar refractivity (Wildman–Crippen MR) is 89.7 cm³/mol. The second-order valence-corrected chi connectivity index (χ2v) is 7.12. The summed E-state index contributed by atoms with van der Waals surface area (Å²) in [5.41, 5.74) is 0.941. The van der Waals surface area contributed by atoms with Crippen molar-refractivity contribution in [3.05, 3.63) is 90.7 Å². The van der Waals surface area contributed by atoms with Crippen LogP contribution in [0.25, 0.3) is 0 Å². The number of halogens is 1. The third-order valence-electron chi connectivity index (χ3n) is 3.33. The second-order valence-electron chi connectivity index (χ2n) is 4.85. The van der Waals surface area contributed by atoms with Crippen molar-refractivity contribution in [2.24, 2.45) is 0 Å². The molecule has 0 aliphatic carbocycles.